The van der Waals surface area contributed by atoms with Gasteiger partial charge in [0.05, 0.1) is 13.0 Å². The highest BCUT2D eigenvalue weighted by molar-refractivity contribution is 5.87. The number of hydrogen-bond acceptors (Lipinski definition) is 4. The first-order chi connectivity index (χ1) is 8.70. The fraction of sp³-hybridized carbons (Fsp3) is 0.308. The minimum absolute atomic E-state index is 0.141. The predicted octanol–water partition coefficient (Wildman–Crippen LogP) is 0.607. The number of aromatic amines is 1. The van der Waals surface area contributed by atoms with Gasteiger partial charge >= 0.3 is 5.97 Å². The van der Waals surface area contributed by atoms with Crippen LogP contribution in [0.5, 0.6) is 0 Å². The van der Waals surface area contributed by atoms with E-state index in [-0.39, 0.29) is 13.0 Å². The minimum atomic E-state index is -1.02. The van der Waals surface area contributed by atoms with Gasteiger partial charge < -0.3 is 19.9 Å². The summed E-state index contributed by atoms with van der Waals surface area (Å²) in [6.45, 7) is -0.599. The monoisotopic (exact) mass is 249 g/mol. The number of aromatic nitrogens is 1. The number of hydrogen-bond donors (Lipinski definition) is 3. The average molecular weight is 249 g/mol. The molecule has 0 bridgehead atoms. The zero-order valence-electron chi connectivity index (χ0n) is 9.80. The molecule has 0 saturated heterocycles. The van der Waals surface area contributed by atoms with Gasteiger partial charge in [0, 0.05) is 17.1 Å². The Balaban J connectivity index is 1.99. The normalized spacial score (nSPS) is 12.6. The quantitative estimate of drug-likeness (QED) is 0.678. The Labute approximate surface area is 104 Å². The number of ether oxygens (including phenoxy) is 1. The molecule has 0 radical (unpaired) electrons. The summed E-state index contributed by atoms with van der Waals surface area (Å²) >= 11 is 0. The molecule has 5 nitrogen and oxygen atoms in total. The highest BCUT2D eigenvalue weighted by Crippen LogP contribution is 2.18. The van der Waals surface area contributed by atoms with Crippen molar-refractivity contribution in [1.82, 2.24) is 4.98 Å². The van der Waals surface area contributed by atoms with Gasteiger partial charge in [0.1, 0.15) is 12.7 Å². The SMILES string of the molecule is O=C(Cc1c[nH]c2ccccc12)OC[C@@H](O)CO. The molecule has 5 heteroatoms. The lowest BCUT2D eigenvalue weighted by Gasteiger charge is -2.07. The van der Waals surface area contributed by atoms with Crippen LogP contribution in [0.1, 0.15) is 5.56 Å². The first-order valence-corrected chi connectivity index (χ1v) is 5.70. The third-order valence-electron chi connectivity index (χ3n) is 2.66. The van der Waals surface area contributed by atoms with Crippen molar-refractivity contribution < 1.29 is 19.7 Å². The predicted molar refractivity (Wildman–Crippen MR) is 66.1 cm³/mol. The van der Waals surface area contributed by atoms with E-state index in [0.717, 1.165) is 16.5 Å². The highest BCUT2D eigenvalue weighted by atomic mass is 16.5. The summed E-state index contributed by atoms with van der Waals surface area (Å²) in [7, 11) is 0. The molecule has 2 aromatic rings. The van der Waals surface area contributed by atoms with E-state index < -0.39 is 18.7 Å². The van der Waals surface area contributed by atoms with Gasteiger partial charge in [0.15, 0.2) is 0 Å². The molecule has 1 aromatic carbocycles. The van der Waals surface area contributed by atoms with Crippen molar-refractivity contribution in [2.75, 3.05) is 13.2 Å². The van der Waals surface area contributed by atoms with Crippen LogP contribution in [0.25, 0.3) is 10.9 Å². The number of nitrogens with one attached hydrogen (secondary N) is 1. The molecule has 1 atom stereocenters. The van der Waals surface area contributed by atoms with Gasteiger partial charge in [0.2, 0.25) is 0 Å². The molecule has 0 saturated carbocycles. The van der Waals surface area contributed by atoms with Gasteiger partial charge in [0.25, 0.3) is 0 Å². The van der Waals surface area contributed by atoms with Crippen LogP contribution in [-0.4, -0.2) is 40.5 Å². The Morgan fingerprint density at radius 3 is 2.94 bits per heavy atom. The molecule has 1 heterocycles. The third-order valence-corrected chi connectivity index (χ3v) is 2.66. The fourth-order valence-electron chi connectivity index (χ4n) is 1.73. The summed E-state index contributed by atoms with van der Waals surface area (Å²) in [6.07, 6.45) is 0.897. The smallest absolute Gasteiger partial charge is 0.310 e. The van der Waals surface area contributed by atoms with E-state index in [0.29, 0.717) is 0 Å². The molecule has 0 unspecified atom stereocenters. The zero-order valence-corrected chi connectivity index (χ0v) is 9.80. The summed E-state index contributed by atoms with van der Waals surface area (Å²) in [5.41, 5.74) is 1.82. The van der Waals surface area contributed by atoms with Gasteiger partial charge in [-0.2, -0.15) is 0 Å². The molecular formula is C13H15NO4. The summed E-state index contributed by atoms with van der Waals surface area (Å²) in [4.78, 5) is 14.6. The van der Waals surface area contributed by atoms with Crippen LogP contribution in [0.3, 0.4) is 0 Å². The fourth-order valence-corrected chi connectivity index (χ4v) is 1.73. The van der Waals surface area contributed by atoms with Crippen LogP contribution in [0.15, 0.2) is 30.5 Å². The highest BCUT2D eigenvalue weighted by Gasteiger charge is 2.11. The molecule has 0 aliphatic rings. The summed E-state index contributed by atoms with van der Waals surface area (Å²) in [5.74, 6) is -0.424. The number of carbonyl (C=O) groups is 1. The van der Waals surface area contributed by atoms with Gasteiger partial charge in [-0.25, -0.2) is 0 Å². The Morgan fingerprint density at radius 1 is 1.39 bits per heavy atom. The van der Waals surface area contributed by atoms with Gasteiger partial charge in [-0.05, 0) is 11.6 Å². The van der Waals surface area contributed by atoms with Crippen molar-refractivity contribution >= 4 is 16.9 Å². The summed E-state index contributed by atoms with van der Waals surface area (Å²) in [5, 5.41) is 18.7. The van der Waals surface area contributed by atoms with Crippen molar-refractivity contribution in [1.29, 1.82) is 0 Å². The van der Waals surface area contributed by atoms with Crippen LogP contribution in [0.2, 0.25) is 0 Å². The van der Waals surface area contributed by atoms with E-state index in [1.54, 1.807) is 6.20 Å². The van der Waals surface area contributed by atoms with Crippen molar-refractivity contribution in [2.45, 2.75) is 12.5 Å². The van der Waals surface area contributed by atoms with Crippen molar-refractivity contribution in [3.8, 4) is 0 Å². The number of para-hydroxylation sites is 1. The topological polar surface area (TPSA) is 82.6 Å². The van der Waals surface area contributed by atoms with E-state index in [9.17, 15) is 4.79 Å². The second-order valence-corrected chi connectivity index (χ2v) is 4.06. The van der Waals surface area contributed by atoms with Gasteiger partial charge in [-0.15, -0.1) is 0 Å². The summed E-state index contributed by atoms with van der Waals surface area (Å²) < 4.78 is 4.85. The number of rotatable bonds is 5. The molecular weight excluding hydrogens is 234 g/mol. The van der Waals surface area contributed by atoms with Crippen LogP contribution in [0.4, 0.5) is 0 Å². The molecule has 2 rings (SSSR count). The lowest BCUT2D eigenvalue weighted by atomic mass is 10.1. The maximum absolute atomic E-state index is 11.5. The number of H-pyrrole nitrogens is 1. The van der Waals surface area contributed by atoms with Gasteiger partial charge in [-0.1, -0.05) is 18.2 Å². The van der Waals surface area contributed by atoms with E-state index in [1.165, 1.54) is 0 Å². The molecule has 0 aliphatic heterocycles. The Hall–Kier alpha value is -1.85. The second kappa shape index (κ2) is 5.66. The van der Waals surface area contributed by atoms with Crippen LogP contribution < -0.4 is 0 Å². The van der Waals surface area contributed by atoms with E-state index in [2.05, 4.69) is 4.98 Å². The first-order valence-electron chi connectivity index (χ1n) is 5.70. The Bertz CT molecular complexity index is 535. The molecule has 3 N–H and O–H groups in total. The minimum Gasteiger partial charge on any atom is -0.463 e. The van der Waals surface area contributed by atoms with Crippen molar-refractivity contribution in [3.63, 3.8) is 0 Å². The molecule has 0 amide bonds. The van der Waals surface area contributed by atoms with Crippen LogP contribution in [-0.2, 0) is 16.0 Å². The van der Waals surface area contributed by atoms with Crippen LogP contribution in [0, 0.1) is 0 Å². The number of aliphatic hydroxyl groups is 2. The molecule has 18 heavy (non-hydrogen) atoms. The van der Waals surface area contributed by atoms with Crippen LogP contribution >= 0.6 is 0 Å². The standard InChI is InChI=1S/C13H15NO4/c15-7-10(16)8-18-13(17)5-9-6-14-12-4-2-1-3-11(9)12/h1-4,6,10,14-16H,5,7-8H2/t10-/m0/s1. The molecule has 96 valence electrons. The Kier molecular flexibility index (Phi) is 3.96. The van der Waals surface area contributed by atoms with Crippen molar-refractivity contribution in [3.05, 3.63) is 36.0 Å². The maximum atomic E-state index is 11.5. The lowest BCUT2D eigenvalue weighted by molar-refractivity contribution is -0.146. The van der Waals surface area contributed by atoms with E-state index >= 15 is 0 Å². The second-order valence-electron chi connectivity index (χ2n) is 4.06. The summed E-state index contributed by atoms with van der Waals surface area (Å²) in [6, 6.07) is 7.68. The first kappa shape index (κ1) is 12.6. The molecule has 0 fully saturated rings. The molecule has 1 aromatic heterocycles. The third kappa shape index (κ3) is 2.88. The average Bonchev–Trinajstić information content (AvgIpc) is 2.79. The number of esters is 1. The lowest BCUT2D eigenvalue weighted by Crippen LogP contribution is -2.22. The zero-order chi connectivity index (χ0) is 13.0. The Morgan fingerprint density at radius 2 is 2.17 bits per heavy atom. The number of carbonyl (C=O) groups excluding carboxylic acids is 1. The van der Waals surface area contributed by atoms with E-state index in [1.807, 2.05) is 24.3 Å². The maximum Gasteiger partial charge on any atom is 0.310 e. The van der Waals surface area contributed by atoms with E-state index in [4.69, 9.17) is 14.9 Å². The number of aliphatic hydroxyl groups excluding tert-OH is 2. The number of benzene rings is 1. The molecule has 0 spiro atoms. The molecule has 0 aliphatic carbocycles. The van der Waals surface area contributed by atoms with Gasteiger partial charge in [-0.3, -0.25) is 4.79 Å². The number of fused-ring (bicyclic) bond motifs is 1. The van der Waals surface area contributed by atoms with Crippen molar-refractivity contribution in [2.24, 2.45) is 0 Å². The largest absolute Gasteiger partial charge is 0.463 e.